The van der Waals surface area contributed by atoms with E-state index < -0.39 is 23.1 Å². The summed E-state index contributed by atoms with van der Waals surface area (Å²) in [6, 6.07) is 0. The third-order valence-corrected chi connectivity index (χ3v) is 4.79. The van der Waals surface area contributed by atoms with Crippen LogP contribution in [0.4, 0.5) is 0 Å². The SMILES string of the molecule is CCC/C(=C1/C(=O)CC(C)(C)[C@@H](C(=O)OC)C1=O)N1CCOCC1. The molecule has 1 aliphatic heterocycles. The molecular formula is C18H27NO5. The summed E-state index contributed by atoms with van der Waals surface area (Å²) in [5, 5.41) is 0. The molecule has 1 heterocycles. The van der Waals surface area contributed by atoms with E-state index in [0.29, 0.717) is 32.7 Å². The first-order valence-corrected chi connectivity index (χ1v) is 8.54. The van der Waals surface area contributed by atoms with Crippen LogP contribution in [0, 0.1) is 11.3 Å². The minimum atomic E-state index is -0.928. The molecule has 0 N–H and O–H groups in total. The second kappa shape index (κ2) is 7.47. The van der Waals surface area contributed by atoms with Crippen LogP contribution in [0.15, 0.2) is 11.3 Å². The monoisotopic (exact) mass is 337 g/mol. The molecular weight excluding hydrogens is 310 g/mol. The Bertz CT molecular complexity index is 558. The van der Waals surface area contributed by atoms with Gasteiger partial charge in [0.1, 0.15) is 5.92 Å². The molecule has 0 bridgehead atoms. The molecule has 0 unspecified atom stereocenters. The molecule has 0 spiro atoms. The number of carbonyl (C=O) groups is 3. The molecule has 0 amide bonds. The Kier molecular flexibility index (Phi) is 5.80. The van der Waals surface area contributed by atoms with Crippen molar-refractivity contribution in [3.8, 4) is 0 Å². The van der Waals surface area contributed by atoms with Gasteiger partial charge in [-0.3, -0.25) is 14.4 Å². The van der Waals surface area contributed by atoms with E-state index in [0.717, 1.165) is 12.1 Å². The Balaban J connectivity index is 2.48. The number of Topliss-reactive ketones (excluding diaryl/α,β-unsaturated/α-hetero) is 2. The zero-order chi connectivity index (χ0) is 17.9. The lowest BCUT2D eigenvalue weighted by Crippen LogP contribution is -2.48. The van der Waals surface area contributed by atoms with Crippen molar-refractivity contribution in [1.29, 1.82) is 0 Å². The van der Waals surface area contributed by atoms with Crippen LogP contribution in [-0.2, 0) is 23.9 Å². The summed E-state index contributed by atoms with van der Waals surface area (Å²) in [5.74, 6) is -2.05. The van der Waals surface area contributed by atoms with Gasteiger partial charge in [-0.15, -0.1) is 0 Å². The number of methoxy groups -OCH3 is 1. The second-order valence-electron chi connectivity index (χ2n) is 7.08. The largest absolute Gasteiger partial charge is 0.468 e. The zero-order valence-corrected chi connectivity index (χ0v) is 15.0. The van der Waals surface area contributed by atoms with Gasteiger partial charge >= 0.3 is 5.97 Å². The average Bonchev–Trinajstić information content (AvgIpc) is 2.53. The summed E-state index contributed by atoms with van der Waals surface area (Å²) in [6.07, 6.45) is 1.63. The molecule has 1 aliphatic carbocycles. The number of nitrogens with zero attached hydrogens (tertiary/aromatic N) is 1. The molecule has 2 rings (SSSR count). The highest BCUT2D eigenvalue weighted by Gasteiger charge is 2.50. The van der Waals surface area contributed by atoms with Gasteiger partial charge in [0.15, 0.2) is 11.6 Å². The van der Waals surface area contributed by atoms with E-state index in [4.69, 9.17) is 9.47 Å². The van der Waals surface area contributed by atoms with Crippen molar-refractivity contribution in [2.24, 2.45) is 11.3 Å². The Labute approximate surface area is 143 Å². The van der Waals surface area contributed by atoms with Gasteiger partial charge in [-0.1, -0.05) is 27.2 Å². The van der Waals surface area contributed by atoms with E-state index in [1.54, 1.807) is 13.8 Å². The molecule has 2 aliphatic rings. The first-order valence-electron chi connectivity index (χ1n) is 8.54. The molecule has 0 radical (unpaired) electrons. The first kappa shape index (κ1) is 18.6. The zero-order valence-electron chi connectivity index (χ0n) is 15.0. The number of hydrogen-bond acceptors (Lipinski definition) is 6. The lowest BCUT2D eigenvalue weighted by atomic mass is 9.65. The molecule has 1 saturated carbocycles. The Hall–Kier alpha value is -1.69. The van der Waals surface area contributed by atoms with Crippen LogP contribution in [0.1, 0.15) is 40.0 Å². The lowest BCUT2D eigenvalue weighted by Gasteiger charge is -2.38. The van der Waals surface area contributed by atoms with E-state index >= 15 is 0 Å². The molecule has 24 heavy (non-hydrogen) atoms. The molecule has 6 nitrogen and oxygen atoms in total. The normalized spacial score (nSPS) is 26.3. The topological polar surface area (TPSA) is 72.9 Å². The molecule has 0 aromatic heterocycles. The highest BCUT2D eigenvalue weighted by atomic mass is 16.5. The van der Waals surface area contributed by atoms with E-state index in [1.165, 1.54) is 7.11 Å². The number of allylic oxidation sites excluding steroid dienone is 2. The highest BCUT2D eigenvalue weighted by molar-refractivity contribution is 6.27. The van der Waals surface area contributed by atoms with Gasteiger partial charge in [0.25, 0.3) is 0 Å². The lowest BCUT2D eigenvalue weighted by molar-refractivity contribution is -0.155. The predicted octanol–water partition coefficient (Wildman–Crippen LogP) is 1.73. The number of carbonyl (C=O) groups excluding carboxylic acids is 3. The molecule has 1 atom stereocenters. The van der Waals surface area contributed by atoms with Crippen molar-refractivity contribution >= 4 is 17.5 Å². The summed E-state index contributed by atoms with van der Waals surface area (Å²) in [6.45, 7) is 8.03. The van der Waals surface area contributed by atoms with Crippen molar-refractivity contribution in [2.45, 2.75) is 40.0 Å². The minimum absolute atomic E-state index is 0.167. The van der Waals surface area contributed by atoms with Gasteiger partial charge in [-0.2, -0.15) is 0 Å². The van der Waals surface area contributed by atoms with Crippen molar-refractivity contribution in [3.05, 3.63) is 11.3 Å². The second-order valence-corrected chi connectivity index (χ2v) is 7.08. The van der Waals surface area contributed by atoms with Crippen LogP contribution in [0.5, 0.6) is 0 Å². The third kappa shape index (κ3) is 3.53. The van der Waals surface area contributed by atoms with Crippen LogP contribution < -0.4 is 0 Å². The standard InChI is InChI=1S/C18H27NO5/c1-5-6-12(19-7-9-24-10-8-19)14-13(20)11-18(2,3)15(16(14)21)17(22)23-4/h15H,5-11H2,1-4H3/b14-12+/t15-/m1/s1. The Morgan fingerprint density at radius 2 is 1.92 bits per heavy atom. The fourth-order valence-corrected chi connectivity index (χ4v) is 3.60. The van der Waals surface area contributed by atoms with Gasteiger partial charge in [0.2, 0.25) is 0 Å². The quantitative estimate of drug-likeness (QED) is 0.337. The molecule has 0 aromatic carbocycles. The number of morpholine rings is 1. The summed E-state index contributed by atoms with van der Waals surface area (Å²) in [5.41, 5.74) is 0.237. The summed E-state index contributed by atoms with van der Waals surface area (Å²) in [4.78, 5) is 40.1. The van der Waals surface area contributed by atoms with Crippen LogP contribution in [0.3, 0.4) is 0 Å². The average molecular weight is 337 g/mol. The van der Waals surface area contributed by atoms with Crippen LogP contribution in [-0.4, -0.2) is 55.8 Å². The number of ether oxygens (including phenoxy) is 2. The smallest absolute Gasteiger partial charge is 0.317 e. The van der Waals surface area contributed by atoms with Crippen LogP contribution in [0.2, 0.25) is 0 Å². The van der Waals surface area contributed by atoms with Gasteiger partial charge in [0, 0.05) is 25.2 Å². The predicted molar refractivity (Wildman–Crippen MR) is 88.2 cm³/mol. The maximum atomic E-state index is 13.1. The van der Waals surface area contributed by atoms with E-state index in [-0.39, 0.29) is 17.8 Å². The molecule has 6 heteroatoms. The number of ketones is 2. The van der Waals surface area contributed by atoms with Gasteiger partial charge in [0.05, 0.1) is 25.9 Å². The fourth-order valence-electron chi connectivity index (χ4n) is 3.60. The van der Waals surface area contributed by atoms with Gasteiger partial charge in [-0.25, -0.2) is 0 Å². The molecule has 134 valence electrons. The van der Waals surface area contributed by atoms with Gasteiger partial charge < -0.3 is 14.4 Å². The number of hydrogen-bond donors (Lipinski definition) is 0. The Morgan fingerprint density at radius 1 is 1.29 bits per heavy atom. The number of rotatable bonds is 4. The van der Waals surface area contributed by atoms with E-state index in [1.807, 2.05) is 6.92 Å². The molecule has 0 aromatic rings. The van der Waals surface area contributed by atoms with Crippen molar-refractivity contribution in [2.75, 3.05) is 33.4 Å². The molecule has 1 saturated heterocycles. The molecule has 2 fully saturated rings. The van der Waals surface area contributed by atoms with Crippen molar-refractivity contribution in [1.82, 2.24) is 4.90 Å². The summed E-state index contributed by atoms with van der Waals surface area (Å²) in [7, 11) is 1.28. The minimum Gasteiger partial charge on any atom is -0.468 e. The fraction of sp³-hybridized carbons (Fsp3) is 0.722. The first-order chi connectivity index (χ1) is 11.3. The van der Waals surface area contributed by atoms with Crippen molar-refractivity contribution < 1.29 is 23.9 Å². The summed E-state index contributed by atoms with van der Waals surface area (Å²) >= 11 is 0. The van der Waals surface area contributed by atoms with Crippen LogP contribution in [0.25, 0.3) is 0 Å². The third-order valence-electron chi connectivity index (χ3n) is 4.79. The van der Waals surface area contributed by atoms with E-state index in [2.05, 4.69) is 4.90 Å². The summed E-state index contributed by atoms with van der Waals surface area (Å²) < 4.78 is 10.2. The van der Waals surface area contributed by atoms with E-state index in [9.17, 15) is 14.4 Å². The van der Waals surface area contributed by atoms with Crippen LogP contribution >= 0.6 is 0 Å². The maximum absolute atomic E-state index is 13.1. The maximum Gasteiger partial charge on any atom is 0.317 e. The van der Waals surface area contributed by atoms with Crippen molar-refractivity contribution in [3.63, 3.8) is 0 Å². The Morgan fingerprint density at radius 3 is 2.46 bits per heavy atom. The van der Waals surface area contributed by atoms with Gasteiger partial charge in [-0.05, 0) is 11.8 Å². The number of esters is 1. The highest BCUT2D eigenvalue weighted by Crippen LogP contribution is 2.41.